The van der Waals surface area contributed by atoms with E-state index in [0.717, 1.165) is 6.42 Å². The number of aliphatic carboxylic acids is 1. The van der Waals surface area contributed by atoms with Crippen molar-refractivity contribution in [1.29, 1.82) is 0 Å². The topological polar surface area (TPSA) is 69.6 Å². The van der Waals surface area contributed by atoms with Crippen molar-refractivity contribution in [1.82, 2.24) is 10.2 Å². The Morgan fingerprint density at radius 2 is 2.07 bits per heavy atom. The molecule has 0 spiro atoms. The first-order chi connectivity index (χ1) is 6.97. The zero-order valence-corrected chi connectivity index (χ0v) is 9.62. The number of nitrogens with zero attached hydrogens (tertiary/aromatic N) is 1. The van der Waals surface area contributed by atoms with Gasteiger partial charge in [-0.05, 0) is 13.5 Å². The van der Waals surface area contributed by atoms with E-state index < -0.39 is 11.9 Å². The number of amides is 1. The van der Waals surface area contributed by atoms with E-state index in [-0.39, 0.29) is 12.5 Å². The van der Waals surface area contributed by atoms with Crippen molar-refractivity contribution in [3.8, 4) is 0 Å². The quantitative estimate of drug-likeness (QED) is 0.636. The van der Waals surface area contributed by atoms with Gasteiger partial charge in [-0.25, -0.2) is 0 Å². The maximum Gasteiger partial charge on any atom is 0.307 e. The standard InChI is InChI=1S/C10H20N2O3/c1-4-5-11-9(13)7-12(3)6-8(2)10(14)15/h8H,4-7H2,1-3H3,(H,11,13)(H,14,15). The van der Waals surface area contributed by atoms with Crippen molar-refractivity contribution in [3.05, 3.63) is 0 Å². The van der Waals surface area contributed by atoms with Crippen molar-refractivity contribution in [2.45, 2.75) is 20.3 Å². The molecule has 0 aromatic heterocycles. The molecule has 0 bridgehead atoms. The van der Waals surface area contributed by atoms with Crippen LogP contribution in [-0.4, -0.2) is 48.6 Å². The lowest BCUT2D eigenvalue weighted by Gasteiger charge is -2.18. The predicted molar refractivity (Wildman–Crippen MR) is 57.6 cm³/mol. The highest BCUT2D eigenvalue weighted by Gasteiger charge is 2.14. The monoisotopic (exact) mass is 216 g/mol. The van der Waals surface area contributed by atoms with Crippen molar-refractivity contribution in [2.75, 3.05) is 26.7 Å². The van der Waals surface area contributed by atoms with Crippen LogP contribution in [0.15, 0.2) is 0 Å². The first-order valence-electron chi connectivity index (χ1n) is 5.15. The summed E-state index contributed by atoms with van der Waals surface area (Å²) < 4.78 is 0. The molecule has 0 aliphatic carbocycles. The van der Waals surface area contributed by atoms with Crippen molar-refractivity contribution >= 4 is 11.9 Å². The van der Waals surface area contributed by atoms with Gasteiger partial charge in [0.25, 0.3) is 0 Å². The Morgan fingerprint density at radius 1 is 1.47 bits per heavy atom. The summed E-state index contributed by atoms with van der Waals surface area (Å²) in [4.78, 5) is 23.5. The molecule has 0 fully saturated rings. The molecule has 88 valence electrons. The second-order valence-electron chi connectivity index (χ2n) is 3.79. The van der Waals surface area contributed by atoms with Gasteiger partial charge in [-0.1, -0.05) is 13.8 Å². The highest BCUT2D eigenvalue weighted by molar-refractivity contribution is 5.78. The van der Waals surface area contributed by atoms with Crippen molar-refractivity contribution < 1.29 is 14.7 Å². The lowest BCUT2D eigenvalue weighted by atomic mass is 10.2. The highest BCUT2D eigenvalue weighted by atomic mass is 16.4. The number of nitrogens with one attached hydrogen (secondary N) is 1. The summed E-state index contributed by atoms with van der Waals surface area (Å²) >= 11 is 0. The van der Waals surface area contributed by atoms with Crippen LogP contribution >= 0.6 is 0 Å². The van der Waals surface area contributed by atoms with E-state index in [1.54, 1.807) is 18.9 Å². The fraction of sp³-hybridized carbons (Fsp3) is 0.800. The Balaban J connectivity index is 3.77. The Labute approximate surface area is 90.5 Å². The third-order valence-corrected chi connectivity index (χ3v) is 1.99. The largest absolute Gasteiger partial charge is 0.481 e. The number of hydrogen-bond acceptors (Lipinski definition) is 3. The summed E-state index contributed by atoms with van der Waals surface area (Å²) in [5.41, 5.74) is 0. The number of rotatable bonds is 7. The zero-order valence-electron chi connectivity index (χ0n) is 9.62. The summed E-state index contributed by atoms with van der Waals surface area (Å²) in [6.45, 7) is 4.91. The molecule has 0 aromatic carbocycles. The van der Waals surface area contributed by atoms with E-state index >= 15 is 0 Å². The molecule has 0 aromatic rings. The lowest BCUT2D eigenvalue weighted by molar-refractivity contribution is -0.142. The maximum atomic E-state index is 11.3. The van der Waals surface area contributed by atoms with E-state index in [1.807, 2.05) is 6.92 Å². The van der Waals surface area contributed by atoms with Gasteiger partial charge in [-0.3, -0.25) is 14.5 Å². The normalized spacial score (nSPS) is 12.5. The minimum atomic E-state index is -0.837. The number of carbonyl (C=O) groups excluding carboxylic acids is 1. The van der Waals surface area contributed by atoms with Gasteiger partial charge in [0.2, 0.25) is 5.91 Å². The van der Waals surface area contributed by atoms with Crippen LogP contribution in [0.2, 0.25) is 0 Å². The molecule has 0 radical (unpaired) electrons. The lowest BCUT2D eigenvalue weighted by Crippen LogP contribution is -2.38. The SMILES string of the molecule is CCCNC(=O)CN(C)CC(C)C(=O)O. The zero-order chi connectivity index (χ0) is 11.8. The van der Waals surface area contributed by atoms with Crippen LogP contribution in [0.4, 0.5) is 0 Å². The Kier molecular flexibility index (Phi) is 6.70. The molecular weight excluding hydrogens is 196 g/mol. The second kappa shape index (κ2) is 7.23. The van der Waals surface area contributed by atoms with Gasteiger partial charge in [0.05, 0.1) is 12.5 Å². The fourth-order valence-electron chi connectivity index (χ4n) is 1.18. The van der Waals surface area contributed by atoms with Gasteiger partial charge in [-0.2, -0.15) is 0 Å². The van der Waals surface area contributed by atoms with Crippen LogP contribution in [-0.2, 0) is 9.59 Å². The Hall–Kier alpha value is -1.10. The highest BCUT2D eigenvalue weighted by Crippen LogP contribution is 1.97. The van der Waals surface area contributed by atoms with Crippen LogP contribution < -0.4 is 5.32 Å². The molecule has 0 heterocycles. The van der Waals surface area contributed by atoms with Crippen LogP contribution in [0.25, 0.3) is 0 Å². The van der Waals surface area contributed by atoms with E-state index in [1.165, 1.54) is 0 Å². The summed E-state index contributed by atoms with van der Waals surface area (Å²) in [6, 6.07) is 0. The molecule has 0 saturated heterocycles. The van der Waals surface area contributed by atoms with Gasteiger partial charge in [-0.15, -0.1) is 0 Å². The van der Waals surface area contributed by atoms with E-state index in [2.05, 4.69) is 5.32 Å². The summed E-state index contributed by atoms with van der Waals surface area (Å²) in [7, 11) is 1.74. The van der Waals surface area contributed by atoms with Gasteiger partial charge in [0.1, 0.15) is 0 Å². The molecule has 5 heteroatoms. The molecular formula is C10H20N2O3. The average molecular weight is 216 g/mol. The van der Waals surface area contributed by atoms with Gasteiger partial charge in [0.15, 0.2) is 0 Å². The van der Waals surface area contributed by atoms with Crippen LogP contribution in [0.5, 0.6) is 0 Å². The Bertz CT molecular complexity index is 219. The third-order valence-electron chi connectivity index (χ3n) is 1.99. The van der Waals surface area contributed by atoms with E-state index in [0.29, 0.717) is 13.1 Å². The van der Waals surface area contributed by atoms with Crippen molar-refractivity contribution in [2.24, 2.45) is 5.92 Å². The van der Waals surface area contributed by atoms with E-state index in [9.17, 15) is 9.59 Å². The number of hydrogen-bond donors (Lipinski definition) is 2. The molecule has 1 amide bonds. The smallest absolute Gasteiger partial charge is 0.307 e. The first kappa shape index (κ1) is 13.9. The molecule has 15 heavy (non-hydrogen) atoms. The summed E-state index contributed by atoms with van der Waals surface area (Å²) in [6.07, 6.45) is 0.904. The fourth-order valence-corrected chi connectivity index (χ4v) is 1.18. The number of likely N-dealkylation sites (N-methyl/N-ethyl adjacent to an activating group) is 1. The van der Waals surface area contributed by atoms with Crippen molar-refractivity contribution in [3.63, 3.8) is 0 Å². The molecule has 0 saturated carbocycles. The first-order valence-corrected chi connectivity index (χ1v) is 5.15. The number of carboxylic acid groups (broad SMARTS) is 1. The number of carbonyl (C=O) groups is 2. The molecule has 1 atom stereocenters. The molecule has 0 aliphatic heterocycles. The van der Waals surface area contributed by atoms with Gasteiger partial charge in [0, 0.05) is 13.1 Å². The molecule has 0 rings (SSSR count). The average Bonchev–Trinajstić information content (AvgIpc) is 2.14. The van der Waals surface area contributed by atoms with Gasteiger partial charge >= 0.3 is 5.97 Å². The molecule has 5 nitrogen and oxygen atoms in total. The second-order valence-corrected chi connectivity index (χ2v) is 3.79. The summed E-state index contributed by atoms with van der Waals surface area (Å²) in [5.74, 6) is -1.35. The predicted octanol–water partition coefficient (Wildman–Crippen LogP) is 0.165. The minimum absolute atomic E-state index is 0.0584. The van der Waals surface area contributed by atoms with Crippen LogP contribution in [0, 0.1) is 5.92 Å². The maximum absolute atomic E-state index is 11.3. The summed E-state index contributed by atoms with van der Waals surface area (Å²) in [5, 5.41) is 11.4. The minimum Gasteiger partial charge on any atom is -0.481 e. The third kappa shape index (κ3) is 6.90. The molecule has 2 N–H and O–H groups in total. The van der Waals surface area contributed by atoms with Crippen LogP contribution in [0.1, 0.15) is 20.3 Å². The Morgan fingerprint density at radius 3 is 2.53 bits per heavy atom. The number of carboxylic acids is 1. The van der Waals surface area contributed by atoms with Gasteiger partial charge < -0.3 is 10.4 Å². The van der Waals surface area contributed by atoms with Crippen LogP contribution in [0.3, 0.4) is 0 Å². The van der Waals surface area contributed by atoms with E-state index in [4.69, 9.17) is 5.11 Å². The molecule has 0 aliphatic rings. The molecule has 1 unspecified atom stereocenters.